The maximum absolute atomic E-state index is 12.1. The van der Waals surface area contributed by atoms with Gasteiger partial charge in [0, 0.05) is 12.6 Å². The molecule has 1 aromatic carbocycles. The van der Waals surface area contributed by atoms with Gasteiger partial charge in [0.15, 0.2) is 0 Å². The van der Waals surface area contributed by atoms with Crippen LogP contribution in [0, 0.1) is 0 Å². The fraction of sp³-hybridized carbons (Fsp3) is 0.333. The molecule has 0 saturated carbocycles. The van der Waals surface area contributed by atoms with E-state index in [0.717, 1.165) is 4.90 Å². The van der Waals surface area contributed by atoms with Gasteiger partial charge in [0.05, 0.1) is 10.7 Å². The van der Waals surface area contributed by atoms with E-state index in [2.05, 4.69) is 0 Å². The van der Waals surface area contributed by atoms with Gasteiger partial charge in [0.2, 0.25) is 0 Å². The quantitative estimate of drug-likeness (QED) is 0.821. The van der Waals surface area contributed by atoms with E-state index in [1.54, 1.807) is 0 Å². The van der Waals surface area contributed by atoms with Crippen molar-refractivity contribution in [3.8, 4) is 0 Å². The van der Waals surface area contributed by atoms with Gasteiger partial charge in [-0.2, -0.15) is 0 Å². The number of hydrogen-bond donors (Lipinski definition) is 2. The summed E-state index contributed by atoms with van der Waals surface area (Å²) in [6.45, 7) is 2.90. The molecule has 0 bridgehead atoms. The second kappa shape index (κ2) is 4.86. The lowest BCUT2D eigenvalue weighted by Gasteiger charge is -2.31. The lowest BCUT2D eigenvalue weighted by Crippen LogP contribution is -2.50. The second-order valence-electron chi connectivity index (χ2n) is 4.46. The van der Waals surface area contributed by atoms with E-state index in [1.165, 1.54) is 39.1 Å². The van der Waals surface area contributed by atoms with Crippen LogP contribution in [0.4, 0.5) is 5.69 Å². The molecule has 1 amide bonds. The number of carbonyl (C=O) groups is 2. The molecule has 98 valence electrons. The first-order valence-corrected chi connectivity index (χ1v) is 5.62. The molecule has 0 aliphatic rings. The number of amides is 1. The Bertz CT molecular complexity index is 500. The molecule has 0 aliphatic carbocycles. The van der Waals surface area contributed by atoms with Crippen LogP contribution in [0.15, 0.2) is 18.2 Å². The Morgan fingerprint density at radius 1 is 1.39 bits per heavy atom. The van der Waals surface area contributed by atoms with Crippen molar-refractivity contribution in [2.75, 3.05) is 12.8 Å². The minimum atomic E-state index is -1.30. The number of carboxylic acid groups (broad SMARTS) is 1. The summed E-state index contributed by atoms with van der Waals surface area (Å²) in [5, 5.41) is 9.42. The van der Waals surface area contributed by atoms with Crippen LogP contribution in [0.5, 0.6) is 0 Å². The van der Waals surface area contributed by atoms with Gasteiger partial charge in [-0.1, -0.05) is 11.6 Å². The summed E-state index contributed by atoms with van der Waals surface area (Å²) in [5.41, 5.74) is 4.89. The van der Waals surface area contributed by atoms with Crippen LogP contribution >= 0.6 is 11.6 Å². The largest absolute Gasteiger partial charge is 0.480 e. The molecular formula is C12H15ClN2O3. The maximum Gasteiger partial charge on any atom is 0.329 e. The zero-order chi connectivity index (χ0) is 14.1. The van der Waals surface area contributed by atoms with Crippen molar-refractivity contribution in [2.45, 2.75) is 19.4 Å². The van der Waals surface area contributed by atoms with Crippen LogP contribution < -0.4 is 5.73 Å². The third-order valence-corrected chi connectivity index (χ3v) is 3.25. The highest BCUT2D eigenvalue weighted by Crippen LogP contribution is 2.22. The molecule has 0 fully saturated rings. The zero-order valence-corrected chi connectivity index (χ0v) is 11.2. The highest BCUT2D eigenvalue weighted by atomic mass is 35.5. The summed E-state index contributed by atoms with van der Waals surface area (Å²) in [5.74, 6) is -1.51. The van der Waals surface area contributed by atoms with Gasteiger partial charge >= 0.3 is 5.97 Å². The highest BCUT2D eigenvalue weighted by molar-refractivity contribution is 6.33. The number of nitrogens with zero attached hydrogens (tertiary/aromatic N) is 1. The molecule has 1 rings (SSSR count). The number of benzene rings is 1. The number of nitrogens with two attached hydrogens (primary N) is 1. The Morgan fingerprint density at radius 2 is 1.94 bits per heavy atom. The van der Waals surface area contributed by atoms with Gasteiger partial charge in [0.1, 0.15) is 5.54 Å². The number of hydrogen-bond acceptors (Lipinski definition) is 3. The maximum atomic E-state index is 12.1. The summed E-state index contributed by atoms with van der Waals surface area (Å²) < 4.78 is 0. The molecular weight excluding hydrogens is 256 g/mol. The van der Waals surface area contributed by atoms with E-state index in [9.17, 15) is 9.59 Å². The van der Waals surface area contributed by atoms with Crippen molar-refractivity contribution in [1.82, 2.24) is 4.90 Å². The number of carboxylic acids is 1. The number of halogens is 1. The molecule has 6 heteroatoms. The first kappa shape index (κ1) is 14.3. The van der Waals surface area contributed by atoms with E-state index in [0.29, 0.717) is 10.6 Å². The second-order valence-corrected chi connectivity index (χ2v) is 4.87. The average molecular weight is 271 g/mol. The fourth-order valence-corrected chi connectivity index (χ4v) is 1.39. The zero-order valence-electron chi connectivity index (χ0n) is 10.4. The minimum Gasteiger partial charge on any atom is -0.480 e. The monoisotopic (exact) mass is 270 g/mol. The molecule has 3 N–H and O–H groups in total. The number of nitrogen functional groups attached to an aromatic ring is 1. The predicted octanol–water partition coefficient (Wildman–Crippen LogP) is 1.86. The molecule has 0 unspecified atom stereocenters. The van der Waals surface area contributed by atoms with Crippen LogP contribution in [-0.2, 0) is 4.79 Å². The summed E-state index contributed by atoms with van der Waals surface area (Å²) in [7, 11) is 1.43. The Hall–Kier alpha value is -1.75. The molecule has 18 heavy (non-hydrogen) atoms. The summed E-state index contributed by atoms with van der Waals surface area (Å²) in [6.07, 6.45) is 0. The highest BCUT2D eigenvalue weighted by Gasteiger charge is 2.35. The number of likely N-dealkylation sites (N-methyl/N-ethyl adjacent to an activating group) is 1. The topological polar surface area (TPSA) is 83.6 Å². The Kier molecular flexibility index (Phi) is 3.86. The van der Waals surface area contributed by atoms with Gasteiger partial charge in [-0.25, -0.2) is 4.79 Å². The van der Waals surface area contributed by atoms with Gasteiger partial charge in [-0.05, 0) is 32.0 Å². The Labute approximate surface area is 110 Å². The van der Waals surface area contributed by atoms with E-state index in [4.69, 9.17) is 22.4 Å². The van der Waals surface area contributed by atoms with Crippen LogP contribution in [0.25, 0.3) is 0 Å². The number of anilines is 1. The lowest BCUT2D eigenvalue weighted by molar-refractivity contribution is -0.147. The van der Waals surface area contributed by atoms with Crippen LogP contribution in [-0.4, -0.2) is 34.5 Å². The molecule has 0 heterocycles. The lowest BCUT2D eigenvalue weighted by atomic mass is 10.0. The fourth-order valence-electron chi connectivity index (χ4n) is 1.27. The smallest absolute Gasteiger partial charge is 0.329 e. The normalized spacial score (nSPS) is 11.1. The minimum absolute atomic E-state index is 0.282. The molecule has 0 atom stereocenters. The average Bonchev–Trinajstić information content (AvgIpc) is 2.30. The molecule has 0 saturated heterocycles. The first-order valence-electron chi connectivity index (χ1n) is 5.24. The van der Waals surface area contributed by atoms with Crippen molar-refractivity contribution < 1.29 is 14.7 Å². The third kappa shape index (κ3) is 2.56. The van der Waals surface area contributed by atoms with Crippen molar-refractivity contribution in [3.05, 3.63) is 28.8 Å². The van der Waals surface area contributed by atoms with Gasteiger partial charge in [-0.15, -0.1) is 0 Å². The van der Waals surface area contributed by atoms with Crippen molar-refractivity contribution in [1.29, 1.82) is 0 Å². The molecule has 0 aliphatic heterocycles. The SMILES string of the molecule is CN(C(=O)c1ccc(Cl)c(N)c1)C(C)(C)C(=O)O. The van der Waals surface area contributed by atoms with Crippen molar-refractivity contribution in [2.24, 2.45) is 0 Å². The van der Waals surface area contributed by atoms with E-state index in [1.807, 2.05) is 0 Å². The number of rotatable bonds is 3. The van der Waals surface area contributed by atoms with Gasteiger partial charge < -0.3 is 15.7 Å². The number of aliphatic carboxylic acids is 1. The standard InChI is InChI=1S/C12H15ClN2O3/c1-12(2,11(17)18)15(3)10(16)7-4-5-8(13)9(14)6-7/h4-6H,14H2,1-3H3,(H,17,18). The van der Waals surface area contributed by atoms with Crippen LogP contribution in [0.1, 0.15) is 24.2 Å². The van der Waals surface area contributed by atoms with E-state index in [-0.39, 0.29) is 5.69 Å². The Balaban J connectivity index is 3.07. The molecule has 5 nitrogen and oxygen atoms in total. The third-order valence-electron chi connectivity index (χ3n) is 2.91. The summed E-state index contributed by atoms with van der Waals surface area (Å²) in [4.78, 5) is 24.4. The molecule has 0 radical (unpaired) electrons. The summed E-state index contributed by atoms with van der Waals surface area (Å²) >= 11 is 5.76. The number of carbonyl (C=O) groups excluding carboxylic acids is 1. The van der Waals surface area contributed by atoms with Crippen molar-refractivity contribution >= 4 is 29.2 Å². The van der Waals surface area contributed by atoms with Crippen LogP contribution in [0.3, 0.4) is 0 Å². The van der Waals surface area contributed by atoms with Crippen molar-refractivity contribution in [3.63, 3.8) is 0 Å². The first-order chi connectivity index (χ1) is 8.17. The van der Waals surface area contributed by atoms with E-state index < -0.39 is 17.4 Å². The Morgan fingerprint density at radius 3 is 2.39 bits per heavy atom. The van der Waals surface area contributed by atoms with E-state index >= 15 is 0 Å². The molecule has 0 spiro atoms. The van der Waals surface area contributed by atoms with Gasteiger partial charge in [0.25, 0.3) is 5.91 Å². The van der Waals surface area contributed by atoms with Crippen LogP contribution in [0.2, 0.25) is 5.02 Å². The molecule has 1 aromatic rings. The summed E-state index contributed by atoms with van der Waals surface area (Å²) in [6, 6.07) is 4.44. The molecule has 0 aromatic heterocycles. The predicted molar refractivity (Wildman–Crippen MR) is 69.7 cm³/mol. The van der Waals surface area contributed by atoms with Gasteiger partial charge in [-0.3, -0.25) is 4.79 Å².